The Morgan fingerprint density at radius 2 is 2.00 bits per heavy atom. The van der Waals surface area contributed by atoms with Crippen molar-refractivity contribution in [2.75, 3.05) is 6.54 Å². The fourth-order valence-corrected chi connectivity index (χ4v) is 3.21. The monoisotopic (exact) mass is 361 g/mol. The van der Waals surface area contributed by atoms with Gasteiger partial charge in [0.25, 0.3) is 5.91 Å². The predicted octanol–water partition coefficient (Wildman–Crippen LogP) is 3.39. The van der Waals surface area contributed by atoms with Crippen molar-refractivity contribution in [1.82, 2.24) is 15.1 Å². The van der Waals surface area contributed by atoms with Crippen LogP contribution in [0.5, 0.6) is 5.75 Å². The van der Waals surface area contributed by atoms with Crippen molar-refractivity contribution < 1.29 is 9.53 Å². The molecule has 0 unspecified atom stereocenters. The summed E-state index contributed by atoms with van der Waals surface area (Å²) in [5.74, 6) is 0.467. The first kappa shape index (κ1) is 17.8. The van der Waals surface area contributed by atoms with Gasteiger partial charge >= 0.3 is 0 Å². The zero-order valence-corrected chi connectivity index (χ0v) is 15.5. The van der Waals surface area contributed by atoms with Crippen LogP contribution in [0.2, 0.25) is 5.02 Å². The Kier molecular flexibility index (Phi) is 5.33. The lowest BCUT2D eigenvalue weighted by Crippen LogP contribution is -2.47. The molecule has 1 aliphatic rings. The molecular formula is C19H24ClN3O2. The Bertz CT molecular complexity index is 738. The molecule has 25 heavy (non-hydrogen) atoms. The number of halogens is 1. The molecule has 1 aromatic carbocycles. The Morgan fingerprint density at radius 1 is 1.28 bits per heavy atom. The molecular weight excluding hydrogens is 338 g/mol. The number of hydrogen-bond acceptors (Lipinski definition) is 3. The first-order chi connectivity index (χ1) is 12.0. The molecule has 5 nitrogen and oxygen atoms in total. The molecule has 1 heterocycles. The van der Waals surface area contributed by atoms with Crippen LogP contribution in [0.4, 0.5) is 0 Å². The van der Waals surface area contributed by atoms with Gasteiger partial charge in [0.15, 0.2) is 5.60 Å². The summed E-state index contributed by atoms with van der Waals surface area (Å²) >= 11 is 5.87. The van der Waals surface area contributed by atoms with E-state index in [-0.39, 0.29) is 5.91 Å². The van der Waals surface area contributed by atoms with E-state index in [1.807, 2.05) is 10.9 Å². The number of aryl methyl sites for hydroxylation is 1. The Hall–Kier alpha value is -2.01. The van der Waals surface area contributed by atoms with Crippen LogP contribution in [0.3, 0.4) is 0 Å². The number of carbonyl (C=O) groups excluding carboxylic acids is 1. The molecule has 1 N–H and O–H groups in total. The molecule has 0 radical (unpaired) electrons. The summed E-state index contributed by atoms with van der Waals surface area (Å²) in [6.45, 7) is 4.72. The van der Waals surface area contributed by atoms with Gasteiger partial charge < -0.3 is 10.1 Å². The van der Waals surface area contributed by atoms with Crippen molar-refractivity contribution in [3.63, 3.8) is 0 Å². The minimum Gasteiger partial charge on any atom is -0.478 e. The highest BCUT2D eigenvalue weighted by Gasteiger charge is 2.29. The lowest BCUT2D eigenvalue weighted by Gasteiger charge is -2.25. The van der Waals surface area contributed by atoms with Gasteiger partial charge in [-0.25, -0.2) is 0 Å². The number of ether oxygens (including phenoxy) is 1. The molecule has 1 amide bonds. The van der Waals surface area contributed by atoms with Gasteiger partial charge in [-0.1, -0.05) is 11.6 Å². The molecule has 0 saturated carbocycles. The fraction of sp³-hybridized carbons (Fsp3) is 0.474. The van der Waals surface area contributed by atoms with Crippen molar-refractivity contribution in [2.24, 2.45) is 0 Å². The van der Waals surface area contributed by atoms with Crippen molar-refractivity contribution in [2.45, 2.75) is 51.7 Å². The number of fused-ring (bicyclic) bond motifs is 1. The van der Waals surface area contributed by atoms with Crippen LogP contribution in [-0.2, 0) is 24.2 Å². The van der Waals surface area contributed by atoms with E-state index >= 15 is 0 Å². The maximum Gasteiger partial charge on any atom is 0.263 e. The summed E-state index contributed by atoms with van der Waals surface area (Å²) in [5.41, 5.74) is 1.71. The zero-order valence-electron chi connectivity index (χ0n) is 14.7. The molecule has 3 rings (SSSR count). The van der Waals surface area contributed by atoms with Gasteiger partial charge in [-0.05, 0) is 69.4 Å². The third-order valence-corrected chi connectivity index (χ3v) is 4.74. The highest BCUT2D eigenvalue weighted by molar-refractivity contribution is 6.30. The molecule has 0 bridgehead atoms. The van der Waals surface area contributed by atoms with Crippen LogP contribution in [0.1, 0.15) is 37.9 Å². The van der Waals surface area contributed by atoms with Crippen molar-refractivity contribution in [3.8, 4) is 5.75 Å². The zero-order chi connectivity index (χ0) is 17.9. The normalized spacial score (nSPS) is 14.0. The highest BCUT2D eigenvalue weighted by atomic mass is 35.5. The predicted molar refractivity (Wildman–Crippen MR) is 98.0 cm³/mol. The number of rotatable bonds is 6. The van der Waals surface area contributed by atoms with Crippen molar-refractivity contribution >= 4 is 17.5 Å². The van der Waals surface area contributed by atoms with Crippen LogP contribution in [0.15, 0.2) is 30.5 Å². The average Bonchev–Trinajstić information content (AvgIpc) is 3.00. The smallest absolute Gasteiger partial charge is 0.263 e. The van der Waals surface area contributed by atoms with E-state index in [0.717, 1.165) is 12.8 Å². The molecule has 2 aromatic rings. The number of aromatic nitrogens is 2. The average molecular weight is 362 g/mol. The van der Waals surface area contributed by atoms with Gasteiger partial charge in [-0.3, -0.25) is 9.48 Å². The van der Waals surface area contributed by atoms with Gasteiger partial charge in [-0.15, -0.1) is 0 Å². The van der Waals surface area contributed by atoms with Crippen LogP contribution in [-0.4, -0.2) is 27.8 Å². The SMILES string of the molecule is CC(C)(Oc1ccc(Cl)cc1)C(=O)NCCn1ncc2c1CCCC2. The minimum absolute atomic E-state index is 0.150. The van der Waals surface area contributed by atoms with E-state index in [1.165, 1.54) is 24.1 Å². The summed E-state index contributed by atoms with van der Waals surface area (Å²) < 4.78 is 7.82. The van der Waals surface area contributed by atoms with E-state index in [1.54, 1.807) is 38.1 Å². The number of nitrogens with zero attached hydrogens (tertiary/aromatic N) is 2. The van der Waals surface area contributed by atoms with Gasteiger partial charge in [0.05, 0.1) is 12.7 Å². The Morgan fingerprint density at radius 3 is 2.76 bits per heavy atom. The standard InChI is InChI=1S/C19H24ClN3O2/c1-19(2,25-16-9-7-15(20)8-10-16)18(24)21-11-12-23-17-6-4-3-5-14(17)13-22-23/h7-10,13H,3-6,11-12H2,1-2H3,(H,21,24). The first-order valence-corrected chi connectivity index (χ1v) is 9.10. The third kappa shape index (κ3) is 4.34. The second kappa shape index (κ2) is 7.48. The second-order valence-corrected chi connectivity index (χ2v) is 7.31. The molecule has 1 aliphatic carbocycles. The van der Waals surface area contributed by atoms with Crippen LogP contribution in [0, 0.1) is 0 Å². The topological polar surface area (TPSA) is 56.1 Å². The first-order valence-electron chi connectivity index (χ1n) is 8.72. The van der Waals surface area contributed by atoms with E-state index < -0.39 is 5.60 Å². The lowest BCUT2D eigenvalue weighted by atomic mass is 9.98. The number of hydrogen-bond donors (Lipinski definition) is 1. The van der Waals surface area contributed by atoms with Crippen LogP contribution >= 0.6 is 11.6 Å². The molecule has 6 heteroatoms. The highest BCUT2D eigenvalue weighted by Crippen LogP contribution is 2.22. The van der Waals surface area contributed by atoms with Crippen LogP contribution in [0.25, 0.3) is 0 Å². The summed E-state index contributed by atoms with van der Waals surface area (Å²) in [7, 11) is 0. The molecule has 0 spiro atoms. The molecule has 1 aromatic heterocycles. The number of amides is 1. The Balaban J connectivity index is 1.52. The van der Waals surface area contributed by atoms with E-state index in [0.29, 0.717) is 23.9 Å². The summed E-state index contributed by atoms with van der Waals surface area (Å²) in [6, 6.07) is 7.00. The van der Waals surface area contributed by atoms with E-state index in [2.05, 4.69) is 10.4 Å². The maximum atomic E-state index is 12.5. The van der Waals surface area contributed by atoms with Gasteiger partial charge in [0, 0.05) is 17.3 Å². The Labute approximate surface area is 153 Å². The fourth-order valence-electron chi connectivity index (χ4n) is 3.08. The summed E-state index contributed by atoms with van der Waals surface area (Å²) in [5, 5.41) is 8.04. The van der Waals surface area contributed by atoms with Crippen molar-refractivity contribution in [1.29, 1.82) is 0 Å². The quantitative estimate of drug-likeness (QED) is 0.858. The van der Waals surface area contributed by atoms with Crippen molar-refractivity contribution in [3.05, 3.63) is 46.7 Å². The van der Waals surface area contributed by atoms with Crippen LogP contribution < -0.4 is 10.1 Å². The summed E-state index contributed by atoms with van der Waals surface area (Å²) in [4.78, 5) is 12.5. The molecule has 134 valence electrons. The number of nitrogens with one attached hydrogen (secondary N) is 1. The number of benzene rings is 1. The number of carbonyl (C=O) groups is 1. The lowest BCUT2D eigenvalue weighted by molar-refractivity contribution is -0.134. The van der Waals surface area contributed by atoms with E-state index in [4.69, 9.17) is 16.3 Å². The largest absolute Gasteiger partial charge is 0.478 e. The summed E-state index contributed by atoms with van der Waals surface area (Å²) in [6.07, 6.45) is 6.61. The molecule has 0 fully saturated rings. The molecule has 0 saturated heterocycles. The second-order valence-electron chi connectivity index (χ2n) is 6.87. The van der Waals surface area contributed by atoms with Gasteiger partial charge in [0.2, 0.25) is 0 Å². The van der Waals surface area contributed by atoms with Gasteiger partial charge in [-0.2, -0.15) is 5.10 Å². The molecule has 0 atom stereocenters. The molecule has 0 aliphatic heterocycles. The third-order valence-electron chi connectivity index (χ3n) is 4.49. The van der Waals surface area contributed by atoms with E-state index in [9.17, 15) is 4.79 Å². The van der Waals surface area contributed by atoms with Gasteiger partial charge in [0.1, 0.15) is 5.75 Å². The maximum absolute atomic E-state index is 12.5. The minimum atomic E-state index is -0.961.